The van der Waals surface area contributed by atoms with Gasteiger partial charge in [-0.05, 0) is 63.5 Å². The lowest BCUT2D eigenvalue weighted by Gasteiger charge is -2.31. The first-order valence-electron chi connectivity index (χ1n) is 10.8. The smallest absolute Gasteiger partial charge is 0.409 e. The molecule has 0 radical (unpaired) electrons. The number of likely N-dealkylation sites (tertiary alicyclic amines) is 2. The van der Waals surface area contributed by atoms with Crippen LogP contribution in [0.1, 0.15) is 45.4 Å². The Morgan fingerprint density at radius 3 is 2.36 bits per heavy atom. The Labute approximate surface area is 168 Å². The summed E-state index contributed by atoms with van der Waals surface area (Å²) in [5.41, 5.74) is 0. The first-order valence-corrected chi connectivity index (χ1v) is 10.8. The summed E-state index contributed by atoms with van der Waals surface area (Å²) in [7, 11) is 0. The number of piperidine rings is 2. The highest BCUT2D eigenvalue weighted by Gasteiger charge is 2.24. The van der Waals surface area contributed by atoms with E-state index in [9.17, 15) is 4.79 Å². The molecule has 2 fully saturated rings. The molecule has 0 aromatic heterocycles. The maximum Gasteiger partial charge on any atom is 0.409 e. The maximum absolute atomic E-state index is 11.7. The van der Waals surface area contributed by atoms with E-state index in [0.29, 0.717) is 19.7 Å². The van der Waals surface area contributed by atoms with Crippen LogP contribution in [-0.4, -0.2) is 67.9 Å². The van der Waals surface area contributed by atoms with Crippen LogP contribution >= 0.6 is 0 Å². The SMILES string of the molecule is CCOC(=O)N1CCC(Oc2ccc(OCCCN3CCCCC3)cc2)CC1. The predicted molar refractivity (Wildman–Crippen MR) is 109 cm³/mol. The highest BCUT2D eigenvalue weighted by molar-refractivity contribution is 5.67. The second-order valence-electron chi connectivity index (χ2n) is 7.58. The van der Waals surface area contributed by atoms with E-state index in [1.165, 1.54) is 32.4 Å². The number of benzene rings is 1. The number of hydrogen-bond acceptors (Lipinski definition) is 5. The van der Waals surface area contributed by atoms with Crippen molar-refractivity contribution in [2.45, 2.75) is 51.6 Å². The van der Waals surface area contributed by atoms with Crippen LogP contribution in [0.2, 0.25) is 0 Å². The molecule has 0 unspecified atom stereocenters. The lowest BCUT2D eigenvalue weighted by molar-refractivity contribution is 0.0703. The Kier molecular flexibility index (Phi) is 8.27. The largest absolute Gasteiger partial charge is 0.494 e. The third kappa shape index (κ3) is 6.59. The molecule has 2 saturated heterocycles. The highest BCUT2D eigenvalue weighted by atomic mass is 16.6. The fourth-order valence-electron chi connectivity index (χ4n) is 3.84. The van der Waals surface area contributed by atoms with Crippen molar-refractivity contribution < 1.29 is 19.0 Å². The highest BCUT2D eigenvalue weighted by Crippen LogP contribution is 2.22. The second kappa shape index (κ2) is 11.1. The summed E-state index contributed by atoms with van der Waals surface area (Å²) in [6.45, 7) is 7.98. The summed E-state index contributed by atoms with van der Waals surface area (Å²) < 4.78 is 17.0. The van der Waals surface area contributed by atoms with E-state index >= 15 is 0 Å². The number of hydrogen-bond donors (Lipinski definition) is 0. The first-order chi connectivity index (χ1) is 13.7. The van der Waals surface area contributed by atoms with Gasteiger partial charge in [-0.2, -0.15) is 0 Å². The fraction of sp³-hybridized carbons (Fsp3) is 0.682. The minimum atomic E-state index is -0.220. The maximum atomic E-state index is 11.7. The summed E-state index contributed by atoms with van der Waals surface area (Å²) in [6, 6.07) is 7.89. The molecular formula is C22H34N2O4. The molecule has 0 bridgehead atoms. The summed E-state index contributed by atoms with van der Waals surface area (Å²) in [5, 5.41) is 0. The predicted octanol–water partition coefficient (Wildman–Crippen LogP) is 3.94. The lowest BCUT2D eigenvalue weighted by atomic mass is 10.1. The van der Waals surface area contributed by atoms with Crippen LogP contribution in [0.3, 0.4) is 0 Å². The molecule has 0 saturated carbocycles. The minimum absolute atomic E-state index is 0.141. The van der Waals surface area contributed by atoms with Gasteiger partial charge in [0.05, 0.1) is 13.2 Å². The number of nitrogens with zero attached hydrogens (tertiary/aromatic N) is 2. The Hall–Kier alpha value is -1.95. The van der Waals surface area contributed by atoms with Crippen molar-refractivity contribution in [1.82, 2.24) is 9.80 Å². The van der Waals surface area contributed by atoms with Crippen molar-refractivity contribution in [3.63, 3.8) is 0 Å². The molecule has 2 aliphatic heterocycles. The molecule has 0 N–H and O–H groups in total. The van der Waals surface area contributed by atoms with Crippen molar-refractivity contribution >= 4 is 6.09 Å². The topological polar surface area (TPSA) is 51.2 Å². The van der Waals surface area contributed by atoms with Gasteiger partial charge in [0.2, 0.25) is 0 Å². The van der Waals surface area contributed by atoms with Crippen molar-refractivity contribution in [3.8, 4) is 11.5 Å². The summed E-state index contributed by atoms with van der Waals surface area (Å²) >= 11 is 0. The molecule has 0 aliphatic carbocycles. The Morgan fingerprint density at radius 2 is 1.68 bits per heavy atom. The van der Waals surface area contributed by atoms with Gasteiger partial charge in [-0.1, -0.05) is 6.42 Å². The monoisotopic (exact) mass is 390 g/mol. The van der Waals surface area contributed by atoms with Crippen LogP contribution < -0.4 is 9.47 Å². The van der Waals surface area contributed by atoms with Gasteiger partial charge in [0.25, 0.3) is 0 Å². The van der Waals surface area contributed by atoms with Crippen LogP contribution in [0.4, 0.5) is 4.79 Å². The number of carbonyl (C=O) groups is 1. The van der Waals surface area contributed by atoms with Crippen molar-refractivity contribution in [1.29, 1.82) is 0 Å². The van der Waals surface area contributed by atoms with E-state index in [1.807, 2.05) is 31.2 Å². The van der Waals surface area contributed by atoms with Gasteiger partial charge in [-0.3, -0.25) is 0 Å². The van der Waals surface area contributed by atoms with Gasteiger partial charge in [-0.25, -0.2) is 4.79 Å². The third-order valence-electron chi connectivity index (χ3n) is 5.43. The number of rotatable bonds is 8. The van der Waals surface area contributed by atoms with Crippen molar-refractivity contribution in [2.24, 2.45) is 0 Å². The van der Waals surface area contributed by atoms with Crippen LogP contribution in [0, 0.1) is 0 Å². The van der Waals surface area contributed by atoms with Gasteiger partial charge in [0, 0.05) is 32.5 Å². The molecule has 2 heterocycles. The molecular weight excluding hydrogens is 356 g/mol. The van der Waals surface area contributed by atoms with Crippen molar-refractivity contribution in [3.05, 3.63) is 24.3 Å². The standard InChI is InChI=1S/C22H34N2O4/c1-2-26-22(25)24-16-11-21(12-17-24)28-20-9-7-19(8-10-20)27-18-6-15-23-13-4-3-5-14-23/h7-10,21H,2-6,11-18H2,1H3. The third-order valence-corrected chi connectivity index (χ3v) is 5.43. The zero-order valence-electron chi connectivity index (χ0n) is 17.1. The molecule has 1 aromatic rings. The summed E-state index contributed by atoms with van der Waals surface area (Å²) in [5.74, 6) is 1.75. The number of amides is 1. The minimum Gasteiger partial charge on any atom is -0.494 e. The number of ether oxygens (including phenoxy) is 3. The van der Waals surface area contributed by atoms with Gasteiger partial charge >= 0.3 is 6.09 Å². The van der Waals surface area contributed by atoms with E-state index in [4.69, 9.17) is 14.2 Å². The molecule has 6 nitrogen and oxygen atoms in total. The molecule has 2 aliphatic rings. The Morgan fingerprint density at radius 1 is 1.00 bits per heavy atom. The normalized spacial score (nSPS) is 18.7. The van der Waals surface area contributed by atoms with E-state index in [-0.39, 0.29) is 12.2 Å². The van der Waals surface area contributed by atoms with Crippen molar-refractivity contribution in [2.75, 3.05) is 45.9 Å². The van der Waals surface area contributed by atoms with Crippen LogP contribution in [0.5, 0.6) is 11.5 Å². The summed E-state index contributed by atoms with van der Waals surface area (Å²) in [6.07, 6.45) is 6.70. The van der Waals surface area contributed by atoms with Crippen LogP contribution in [-0.2, 0) is 4.74 Å². The van der Waals surface area contributed by atoms with E-state index in [1.54, 1.807) is 4.90 Å². The molecule has 3 rings (SSSR count). The molecule has 6 heteroatoms. The van der Waals surface area contributed by atoms with Crippen LogP contribution in [0.15, 0.2) is 24.3 Å². The zero-order chi connectivity index (χ0) is 19.6. The Bertz CT molecular complexity index is 579. The van der Waals surface area contributed by atoms with Gasteiger partial charge in [0.1, 0.15) is 17.6 Å². The average Bonchev–Trinajstić information content (AvgIpc) is 2.74. The van der Waals surface area contributed by atoms with E-state index < -0.39 is 0 Å². The molecule has 1 amide bonds. The average molecular weight is 391 g/mol. The summed E-state index contributed by atoms with van der Waals surface area (Å²) in [4.78, 5) is 16.0. The zero-order valence-corrected chi connectivity index (χ0v) is 17.1. The van der Waals surface area contributed by atoms with Gasteiger partial charge in [0.15, 0.2) is 0 Å². The fourth-order valence-corrected chi connectivity index (χ4v) is 3.84. The Balaban J connectivity index is 1.32. The molecule has 156 valence electrons. The molecule has 0 atom stereocenters. The van der Waals surface area contributed by atoms with Gasteiger partial charge < -0.3 is 24.0 Å². The first kappa shape index (κ1) is 20.8. The number of carbonyl (C=O) groups excluding carboxylic acids is 1. The van der Waals surface area contributed by atoms with Crippen LogP contribution in [0.25, 0.3) is 0 Å². The van der Waals surface area contributed by atoms with E-state index in [2.05, 4.69) is 4.90 Å². The van der Waals surface area contributed by atoms with E-state index in [0.717, 1.165) is 43.9 Å². The lowest BCUT2D eigenvalue weighted by Crippen LogP contribution is -2.42. The molecule has 1 aromatic carbocycles. The second-order valence-corrected chi connectivity index (χ2v) is 7.58. The van der Waals surface area contributed by atoms with Gasteiger partial charge in [-0.15, -0.1) is 0 Å². The quantitative estimate of drug-likeness (QED) is 0.629. The molecule has 0 spiro atoms. The molecule has 28 heavy (non-hydrogen) atoms.